The summed E-state index contributed by atoms with van der Waals surface area (Å²) >= 11 is 0. The SMILES string of the molecule is Cc1ccc(C(=O)NCCNC(=O)c2ccc3ccccc3c2)cc1F. The van der Waals surface area contributed by atoms with Crippen molar-refractivity contribution in [3.63, 3.8) is 0 Å². The van der Waals surface area contributed by atoms with Crippen molar-refractivity contribution in [3.05, 3.63) is 83.2 Å². The van der Waals surface area contributed by atoms with E-state index in [1.54, 1.807) is 25.1 Å². The maximum Gasteiger partial charge on any atom is 0.251 e. The lowest BCUT2D eigenvalue weighted by Gasteiger charge is -2.08. The first kappa shape index (κ1) is 17.6. The van der Waals surface area contributed by atoms with Gasteiger partial charge in [-0.3, -0.25) is 9.59 Å². The molecule has 0 aliphatic heterocycles. The fourth-order valence-electron chi connectivity index (χ4n) is 2.62. The molecule has 0 spiro atoms. The third kappa shape index (κ3) is 4.06. The highest BCUT2D eigenvalue weighted by atomic mass is 19.1. The van der Waals surface area contributed by atoms with Crippen LogP contribution in [0.4, 0.5) is 4.39 Å². The molecule has 0 fully saturated rings. The number of fused-ring (bicyclic) bond motifs is 1. The Morgan fingerprint density at radius 2 is 1.38 bits per heavy atom. The lowest BCUT2D eigenvalue weighted by molar-refractivity contribution is 0.0927. The number of rotatable bonds is 5. The number of amides is 2. The van der Waals surface area contributed by atoms with Gasteiger partial charge in [-0.2, -0.15) is 0 Å². The van der Waals surface area contributed by atoms with Crippen molar-refractivity contribution in [1.82, 2.24) is 10.6 Å². The smallest absolute Gasteiger partial charge is 0.251 e. The summed E-state index contributed by atoms with van der Waals surface area (Å²) in [5.41, 5.74) is 1.31. The molecule has 0 radical (unpaired) electrons. The summed E-state index contributed by atoms with van der Waals surface area (Å²) in [4.78, 5) is 24.2. The molecule has 0 saturated carbocycles. The van der Waals surface area contributed by atoms with Gasteiger partial charge in [0.05, 0.1) is 0 Å². The van der Waals surface area contributed by atoms with Crippen LogP contribution in [0, 0.1) is 12.7 Å². The van der Waals surface area contributed by atoms with Crippen molar-refractivity contribution in [1.29, 1.82) is 0 Å². The Kier molecular flexibility index (Phi) is 5.27. The van der Waals surface area contributed by atoms with Gasteiger partial charge in [0.2, 0.25) is 0 Å². The maximum atomic E-state index is 13.5. The van der Waals surface area contributed by atoms with Crippen molar-refractivity contribution in [2.75, 3.05) is 13.1 Å². The van der Waals surface area contributed by atoms with Crippen molar-refractivity contribution >= 4 is 22.6 Å². The van der Waals surface area contributed by atoms with Crippen LogP contribution in [0.15, 0.2) is 60.7 Å². The largest absolute Gasteiger partial charge is 0.350 e. The van der Waals surface area contributed by atoms with E-state index in [9.17, 15) is 14.0 Å². The fraction of sp³-hybridized carbons (Fsp3) is 0.143. The molecule has 0 aliphatic carbocycles. The van der Waals surface area contributed by atoms with Crippen LogP contribution < -0.4 is 10.6 Å². The summed E-state index contributed by atoms with van der Waals surface area (Å²) in [5, 5.41) is 7.49. The molecule has 0 aliphatic rings. The molecule has 3 rings (SSSR count). The zero-order valence-corrected chi connectivity index (χ0v) is 14.4. The summed E-state index contributed by atoms with van der Waals surface area (Å²) in [6, 6.07) is 17.7. The van der Waals surface area contributed by atoms with Crippen LogP contribution in [0.3, 0.4) is 0 Å². The van der Waals surface area contributed by atoms with Gasteiger partial charge in [0.25, 0.3) is 11.8 Å². The minimum Gasteiger partial charge on any atom is -0.350 e. The molecule has 0 aromatic heterocycles. The number of carbonyl (C=O) groups excluding carboxylic acids is 2. The molecule has 5 heteroatoms. The molecule has 0 atom stereocenters. The van der Waals surface area contributed by atoms with Gasteiger partial charge in [-0.05, 0) is 47.5 Å². The van der Waals surface area contributed by atoms with Gasteiger partial charge in [0, 0.05) is 24.2 Å². The van der Waals surface area contributed by atoms with Crippen molar-refractivity contribution < 1.29 is 14.0 Å². The number of nitrogens with one attached hydrogen (secondary N) is 2. The van der Waals surface area contributed by atoms with Crippen LogP contribution in [-0.2, 0) is 0 Å². The average Bonchev–Trinajstić information content (AvgIpc) is 2.66. The Labute approximate surface area is 151 Å². The maximum absolute atomic E-state index is 13.5. The summed E-state index contributed by atoms with van der Waals surface area (Å²) in [6.45, 7) is 2.18. The van der Waals surface area contributed by atoms with Crippen molar-refractivity contribution in [3.8, 4) is 0 Å². The van der Waals surface area contributed by atoms with Crippen LogP contribution in [0.2, 0.25) is 0 Å². The average molecular weight is 350 g/mol. The lowest BCUT2D eigenvalue weighted by Crippen LogP contribution is -2.34. The molecule has 26 heavy (non-hydrogen) atoms. The molecule has 0 saturated heterocycles. The summed E-state index contributed by atoms with van der Waals surface area (Å²) in [6.07, 6.45) is 0. The van der Waals surface area contributed by atoms with Crippen LogP contribution in [0.1, 0.15) is 26.3 Å². The summed E-state index contributed by atoms with van der Waals surface area (Å²) in [5.74, 6) is -0.988. The van der Waals surface area contributed by atoms with Gasteiger partial charge in [0.1, 0.15) is 5.82 Å². The van der Waals surface area contributed by atoms with Crippen LogP contribution in [-0.4, -0.2) is 24.9 Å². The highest BCUT2D eigenvalue weighted by Crippen LogP contribution is 2.15. The first-order valence-corrected chi connectivity index (χ1v) is 8.36. The van der Waals surface area contributed by atoms with Crippen LogP contribution in [0.25, 0.3) is 10.8 Å². The Morgan fingerprint density at radius 1 is 0.808 bits per heavy atom. The van der Waals surface area contributed by atoms with E-state index in [0.717, 1.165) is 10.8 Å². The number of hydrogen-bond donors (Lipinski definition) is 2. The third-order valence-corrected chi connectivity index (χ3v) is 4.14. The van der Waals surface area contributed by atoms with E-state index in [4.69, 9.17) is 0 Å². The molecular formula is C21H19FN2O2. The predicted octanol–water partition coefficient (Wildman–Crippen LogP) is 3.45. The topological polar surface area (TPSA) is 58.2 Å². The second kappa shape index (κ2) is 7.78. The zero-order chi connectivity index (χ0) is 18.5. The number of carbonyl (C=O) groups is 2. The summed E-state index contributed by atoms with van der Waals surface area (Å²) in [7, 11) is 0. The van der Waals surface area contributed by atoms with Gasteiger partial charge in [-0.25, -0.2) is 4.39 Å². The second-order valence-electron chi connectivity index (χ2n) is 6.04. The minimum absolute atomic E-state index is 0.202. The van der Waals surface area contributed by atoms with Gasteiger partial charge in [-0.1, -0.05) is 36.4 Å². The predicted molar refractivity (Wildman–Crippen MR) is 99.8 cm³/mol. The molecule has 0 unspecified atom stereocenters. The van der Waals surface area contributed by atoms with Gasteiger partial charge >= 0.3 is 0 Å². The Hall–Kier alpha value is -3.21. The van der Waals surface area contributed by atoms with E-state index in [-0.39, 0.29) is 30.5 Å². The number of hydrogen-bond acceptors (Lipinski definition) is 2. The lowest BCUT2D eigenvalue weighted by atomic mass is 10.1. The van der Waals surface area contributed by atoms with Crippen molar-refractivity contribution in [2.45, 2.75) is 6.92 Å². The Balaban J connectivity index is 1.51. The molecule has 4 nitrogen and oxygen atoms in total. The normalized spacial score (nSPS) is 10.5. The van der Waals surface area contributed by atoms with Gasteiger partial charge in [0.15, 0.2) is 0 Å². The molecule has 0 heterocycles. The number of benzene rings is 3. The first-order valence-electron chi connectivity index (χ1n) is 8.36. The molecule has 3 aromatic carbocycles. The highest BCUT2D eigenvalue weighted by molar-refractivity contribution is 5.98. The van der Waals surface area contributed by atoms with Gasteiger partial charge < -0.3 is 10.6 Å². The Bertz CT molecular complexity index is 969. The summed E-state index contributed by atoms with van der Waals surface area (Å²) < 4.78 is 13.5. The Morgan fingerprint density at radius 3 is 2.04 bits per heavy atom. The van der Waals surface area contributed by atoms with Crippen molar-refractivity contribution in [2.24, 2.45) is 0 Å². The van der Waals surface area contributed by atoms with E-state index < -0.39 is 5.82 Å². The molecule has 2 amide bonds. The van der Waals surface area contributed by atoms with E-state index in [1.165, 1.54) is 6.07 Å². The highest BCUT2D eigenvalue weighted by Gasteiger charge is 2.09. The molecular weight excluding hydrogens is 331 g/mol. The second-order valence-corrected chi connectivity index (χ2v) is 6.04. The van der Waals surface area contributed by atoms with E-state index in [1.807, 2.05) is 36.4 Å². The zero-order valence-electron chi connectivity index (χ0n) is 14.4. The minimum atomic E-state index is -0.415. The van der Waals surface area contributed by atoms with E-state index >= 15 is 0 Å². The standard InChI is InChI=1S/C21H19FN2O2/c1-14-6-7-18(13-19(14)22)21(26)24-11-10-23-20(25)17-9-8-15-4-2-3-5-16(15)12-17/h2-9,12-13H,10-11H2,1H3,(H,23,25)(H,24,26). The molecule has 0 bridgehead atoms. The first-order chi connectivity index (χ1) is 12.5. The number of aryl methyl sites for hydroxylation is 1. The van der Waals surface area contributed by atoms with Gasteiger partial charge in [-0.15, -0.1) is 0 Å². The fourth-order valence-corrected chi connectivity index (χ4v) is 2.62. The van der Waals surface area contributed by atoms with Crippen LogP contribution >= 0.6 is 0 Å². The van der Waals surface area contributed by atoms with E-state index in [0.29, 0.717) is 11.1 Å². The molecule has 2 N–H and O–H groups in total. The number of halogens is 1. The van der Waals surface area contributed by atoms with E-state index in [2.05, 4.69) is 10.6 Å². The quantitative estimate of drug-likeness (QED) is 0.693. The van der Waals surface area contributed by atoms with Crippen LogP contribution in [0.5, 0.6) is 0 Å². The monoisotopic (exact) mass is 350 g/mol. The molecule has 3 aromatic rings. The third-order valence-electron chi connectivity index (χ3n) is 4.14. The molecule has 132 valence electrons.